The molecule has 0 aromatic heterocycles. The minimum Gasteiger partial charge on any atom is -0.507 e. The molecule has 0 spiro atoms. The van der Waals surface area contributed by atoms with Crippen molar-refractivity contribution in [1.29, 1.82) is 0 Å². The van der Waals surface area contributed by atoms with E-state index in [-0.39, 0.29) is 17.6 Å². The Morgan fingerprint density at radius 3 is 2.54 bits per heavy atom. The average Bonchev–Trinajstić information content (AvgIpc) is 2.57. The molecule has 4 heteroatoms. The third kappa shape index (κ3) is 3.44. The van der Waals surface area contributed by atoms with Crippen LogP contribution in [0.1, 0.15) is 29.3 Å². The highest BCUT2D eigenvalue weighted by molar-refractivity contribution is 5.96. The summed E-state index contributed by atoms with van der Waals surface area (Å²) in [6, 6.07) is 16.6. The van der Waals surface area contributed by atoms with Crippen LogP contribution in [0, 0.1) is 5.92 Å². The molecular weight excluding hydrogens is 302 g/mol. The number of phenols is 1. The molecule has 2 atom stereocenters. The second-order valence-electron chi connectivity index (χ2n) is 6.76. The minimum absolute atomic E-state index is 0.000516. The van der Waals surface area contributed by atoms with Crippen molar-refractivity contribution >= 4 is 5.91 Å². The summed E-state index contributed by atoms with van der Waals surface area (Å²) in [6.45, 7) is 2.82. The molecule has 0 aliphatic carbocycles. The largest absolute Gasteiger partial charge is 0.507 e. The maximum Gasteiger partial charge on any atom is 0.257 e. The molecule has 1 aliphatic rings. The molecule has 0 unspecified atom stereocenters. The fraction of sp³-hybridized carbons (Fsp3) is 0.350. The number of para-hydroxylation sites is 1. The van der Waals surface area contributed by atoms with Crippen molar-refractivity contribution in [3.8, 4) is 5.75 Å². The number of carbonyl (C=O) groups is 1. The zero-order valence-corrected chi connectivity index (χ0v) is 13.9. The topological polar surface area (TPSA) is 60.8 Å². The lowest BCUT2D eigenvalue weighted by molar-refractivity contribution is -0.0507. The van der Waals surface area contributed by atoms with Gasteiger partial charge in [-0.25, -0.2) is 0 Å². The molecule has 1 heterocycles. The van der Waals surface area contributed by atoms with Crippen LogP contribution in [0.2, 0.25) is 0 Å². The summed E-state index contributed by atoms with van der Waals surface area (Å²) in [4.78, 5) is 14.5. The highest BCUT2D eigenvalue weighted by Gasteiger charge is 2.39. The Morgan fingerprint density at radius 2 is 1.83 bits per heavy atom. The first-order chi connectivity index (χ1) is 11.5. The van der Waals surface area contributed by atoms with E-state index in [0.717, 1.165) is 12.0 Å². The molecule has 1 fully saturated rings. The monoisotopic (exact) mass is 325 g/mol. The van der Waals surface area contributed by atoms with Gasteiger partial charge in [0.25, 0.3) is 5.91 Å². The number of aliphatic hydroxyl groups is 1. The van der Waals surface area contributed by atoms with Crippen LogP contribution < -0.4 is 0 Å². The van der Waals surface area contributed by atoms with Crippen molar-refractivity contribution < 1.29 is 15.0 Å². The van der Waals surface area contributed by atoms with Gasteiger partial charge in [0.05, 0.1) is 11.2 Å². The van der Waals surface area contributed by atoms with E-state index < -0.39 is 5.60 Å². The van der Waals surface area contributed by atoms with Crippen LogP contribution in [0.25, 0.3) is 0 Å². The first-order valence-corrected chi connectivity index (χ1v) is 8.31. The highest BCUT2D eigenvalue weighted by Crippen LogP contribution is 2.32. The SMILES string of the molecule is C[C@@]1(O)CCN(C(=O)c2ccccc2O)C[C@@H]1Cc1ccccc1. The molecule has 0 saturated carbocycles. The smallest absolute Gasteiger partial charge is 0.257 e. The number of benzene rings is 2. The van der Waals surface area contributed by atoms with Crippen LogP contribution in [0.5, 0.6) is 5.75 Å². The molecule has 1 aliphatic heterocycles. The van der Waals surface area contributed by atoms with E-state index in [4.69, 9.17) is 0 Å². The number of likely N-dealkylation sites (tertiary alicyclic amines) is 1. The number of nitrogens with zero attached hydrogens (tertiary/aromatic N) is 1. The lowest BCUT2D eigenvalue weighted by atomic mass is 9.78. The van der Waals surface area contributed by atoms with Gasteiger partial charge in [-0.15, -0.1) is 0 Å². The van der Waals surface area contributed by atoms with Gasteiger partial charge < -0.3 is 15.1 Å². The van der Waals surface area contributed by atoms with E-state index >= 15 is 0 Å². The molecule has 0 radical (unpaired) electrons. The molecular formula is C20H23NO3. The standard InChI is InChI=1S/C20H23NO3/c1-20(24)11-12-21(19(23)17-9-5-6-10-18(17)22)14-16(20)13-15-7-3-2-4-8-15/h2-10,16,22,24H,11-14H2,1H3/t16-,20+/m0/s1. The summed E-state index contributed by atoms with van der Waals surface area (Å²) in [5.74, 6) is -0.218. The molecule has 1 saturated heterocycles. The van der Waals surface area contributed by atoms with Gasteiger partial charge in [-0.2, -0.15) is 0 Å². The summed E-state index contributed by atoms with van der Waals surface area (Å²) in [7, 11) is 0. The number of carbonyl (C=O) groups excluding carboxylic acids is 1. The van der Waals surface area contributed by atoms with Crippen LogP contribution in [-0.2, 0) is 6.42 Å². The Morgan fingerprint density at radius 1 is 1.17 bits per heavy atom. The quantitative estimate of drug-likeness (QED) is 0.912. The predicted molar refractivity (Wildman–Crippen MR) is 92.9 cm³/mol. The lowest BCUT2D eigenvalue weighted by Crippen LogP contribution is -2.52. The maximum atomic E-state index is 12.7. The summed E-state index contributed by atoms with van der Waals surface area (Å²) in [5, 5.41) is 20.7. The minimum atomic E-state index is -0.800. The number of amides is 1. The first-order valence-electron chi connectivity index (χ1n) is 8.31. The molecule has 126 valence electrons. The van der Waals surface area contributed by atoms with E-state index in [2.05, 4.69) is 0 Å². The zero-order valence-electron chi connectivity index (χ0n) is 13.9. The third-order valence-corrected chi connectivity index (χ3v) is 4.95. The Balaban J connectivity index is 1.78. The van der Waals surface area contributed by atoms with Gasteiger partial charge in [-0.3, -0.25) is 4.79 Å². The molecule has 3 rings (SSSR count). The summed E-state index contributed by atoms with van der Waals surface area (Å²) < 4.78 is 0. The average molecular weight is 325 g/mol. The molecule has 24 heavy (non-hydrogen) atoms. The van der Waals surface area contributed by atoms with Gasteiger partial charge in [0, 0.05) is 19.0 Å². The summed E-state index contributed by atoms with van der Waals surface area (Å²) >= 11 is 0. The fourth-order valence-electron chi connectivity index (χ4n) is 3.31. The van der Waals surface area contributed by atoms with Crippen molar-refractivity contribution in [1.82, 2.24) is 4.90 Å². The van der Waals surface area contributed by atoms with Gasteiger partial charge >= 0.3 is 0 Å². The van der Waals surface area contributed by atoms with Crippen LogP contribution in [0.3, 0.4) is 0 Å². The first kappa shape index (κ1) is 16.5. The molecule has 1 amide bonds. The van der Waals surface area contributed by atoms with Crippen molar-refractivity contribution in [3.63, 3.8) is 0 Å². The third-order valence-electron chi connectivity index (χ3n) is 4.95. The second-order valence-corrected chi connectivity index (χ2v) is 6.76. The van der Waals surface area contributed by atoms with Gasteiger partial charge in [0.2, 0.25) is 0 Å². The number of aromatic hydroxyl groups is 1. The Labute approximate surface area is 142 Å². The second kappa shape index (κ2) is 6.65. The Hall–Kier alpha value is -2.33. The predicted octanol–water partition coefficient (Wildman–Crippen LogP) is 2.85. The summed E-state index contributed by atoms with van der Waals surface area (Å²) in [5.41, 5.74) is 0.669. The molecule has 2 aromatic carbocycles. The van der Waals surface area contributed by atoms with Crippen LogP contribution in [0.15, 0.2) is 54.6 Å². The van der Waals surface area contributed by atoms with E-state index in [1.54, 1.807) is 23.1 Å². The number of rotatable bonds is 3. The number of hydrogen-bond acceptors (Lipinski definition) is 3. The molecule has 4 nitrogen and oxygen atoms in total. The molecule has 0 bridgehead atoms. The van der Waals surface area contributed by atoms with E-state index in [9.17, 15) is 15.0 Å². The van der Waals surface area contributed by atoms with Gasteiger partial charge in [0.15, 0.2) is 0 Å². The highest BCUT2D eigenvalue weighted by atomic mass is 16.3. The van der Waals surface area contributed by atoms with E-state index in [1.807, 2.05) is 37.3 Å². The lowest BCUT2D eigenvalue weighted by Gasteiger charge is -2.43. The fourth-order valence-corrected chi connectivity index (χ4v) is 3.31. The molecule has 2 N–H and O–H groups in total. The number of phenolic OH excluding ortho intramolecular Hbond substituents is 1. The van der Waals surface area contributed by atoms with Crippen molar-refractivity contribution in [3.05, 3.63) is 65.7 Å². The van der Waals surface area contributed by atoms with Gasteiger partial charge in [-0.1, -0.05) is 42.5 Å². The van der Waals surface area contributed by atoms with Gasteiger partial charge in [-0.05, 0) is 37.5 Å². The normalized spacial score (nSPS) is 23.9. The summed E-state index contributed by atoms with van der Waals surface area (Å²) in [6.07, 6.45) is 1.25. The molecule has 2 aromatic rings. The van der Waals surface area contributed by atoms with Crippen LogP contribution in [0.4, 0.5) is 0 Å². The van der Waals surface area contributed by atoms with Crippen molar-refractivity contribution in [2.45, 2.75) is 25.4 Å². The Bertz CT molecular complexity index is 712. The number of piperidine rings is 1. The van der Waals surface area contributed by atoms with Gasteiger partial charge in [0.1, 0.15) is 5.75 Å². The van der Waals surface area contributed by atoms with E-state index in [0.29, 0.717) is 25.1 Å². The van der Waals surface area contributed by atoms with Crippen LogP contribution in [-0.4, -0.2) is 39.7 Å². The van der Waals surface area contributed by atoms with Crippen molar-refractivity contribution in [2.75, 3.05) is 13.1 Å². The van der Waals surface area contributed by atoms with Crippen LogP contribution >= 0.6 is 0 Å². The Kier molecular flexibility index (Phi) is 4.58. The maximum absolute atomic E-state index is 12.7. The zero-order chi connectivity index (χ0) is 17.2. The van der Waals surface area contributed by atoms with E-state index in [1.165, 1.54) is 6.07 Å². The number of hydrogen-bond donors (Lipinski definition) is 2. The van der Waals surface area contributed by atoms with Crippen molar-refractivity contribution in [2.24, 2.45) is 5.92 Å².